The van der Waals surface area contributed by atoms with Crippen LogP contribution in [0.3, 0.4) is 0 Å². The molecule has 0 fully saturated rings. The van der Waals surface area contributed by atoms with E-state index in [0.29, 0.717) is 0 Å². The zero-order valence-corrected chi connectivity index (χ0v) is 11.6. The lowest BCUT2D eigenvalue weighted by Gasteiger charge is -2.20. The van der Waals surface area contributed by atoms with Gasteiger partial charge < -0.3 is 14.0 Å². The second-order valence-corrected chi connectivity index (χ2v) is 4.74. The summed E-state index contributed by atoms with van der Waals surface area (Å²) in [4.78, 5) is 10.6. The maximum Gasteiger partial charge on any atom is 0.0945 e. The number of aryl methyl sites for hydroxylation is 2. The van der Waals surface area contributed by atoms with Gasteiger partial charge in [0.2, 0.25) is 0 Å². The molecule has 2 heterocycles. The van der Waals surface area contributed by atoms with Crippen molar-refractivity contribution in [3.8, 4) is 0 Å². The third-order valence-electron chi connectivity index (χ3n) is 3.35. The summed E-state index contributed by atoms with van der Waals surface area (Å²) < 4.78 is 4.28. The van der Waals surface area contributed by atoms with Gasteiger partial charge in [0.1, 0.15) is 0 Å². The van der Waals surface area contributed by atoms with Crippen LogP contribution in [0.5, 0.6) is 0 Å². The minimum absolute atomic E-state index is 1.05. The van der Waals surface area contributed by atoms with E-state index in [-0.39, 0.29) is 0 Å². The molecular weight excluding hydrogens is 238 g/mol. The van der Waals surface area contributed by atoms with Gasteiger partial charge in [-0.1, -0.05) is 6.92 Å². The van der Waals surface area contributed by atoms with Crippen molar-refractivity contribution in [1.29, 1.82) is 0 Å². The largest absolute Gasteiger partial charge is 0.337 e. The Kier molecular flexibility index (Phi) is 5.62. The van der Waals surface area contributed by atoms with Crippen molar-refractivity contribution >= 4 is 0 Å². The summed E-state index contributed by atoms with van der Waals surface area (Å²) >= 11 is 0. The third-order valence-corrected chi connectivity index (χ3v) is 3.35. The Morgan fingerprint density at radius 3 is 1.79 bits per heavy atom. The number of aromatic nitrogens is 4. The molecule has 0 atom stereocenters. The number of hydrogen-bond donors (Lipinski definition) is 0. The minimum atomic E-state index is 1.05. The van der Waals surface area contributed by atoms with Crippen molar-refractivity contribution in [3.05, 3.63) is 37.4 Å². The topological polar surface area (TPSA) is 38.9 Å². The maximum absolute atomic E-state index is 4.06. The first-order valence-electron chi connectivity index (χ1n) is 7.02. The van der Waals surface area contributed by atoms with E-state index in [1.807, 2.05) is 37.4 Å². The summed E-state index contributed by atoms with van der Waals surface area (Å²) in [5.41, 5.74) is 0. The van der Waals surface area contributed by atoms with Gasteiger partial charge in [-0.25, -0.2) is 9.97 Å². The molecule has 0 aliphatic heterocycles. The maximum atomic E-state index is 4.06. The molecule has 0 radical (unpaired) electrons. The summed E-state index contributed by atoms with van der Waals surface area (Å²) in [6.07, 6.45) is 13.8. The second kappa shape index (κ2) is 7.74. The van der Waals surface area contributed by atoms with E-state index in [1.165, 1.54) is 12.8 Å². The quantitative estimate of drug-likeness (QED) is 0.692. The van der Waals surface area contributed by atoms with Crippen LogP contribution in [0.15, 0.2) is 37.4 Å². The predicted octanol–water partition coefficient (Wildman–Crippen LogP) is 1.88. The highest BCUT2D eigenvalue weighted by molar-refractivity contribution is 4.75. The standard InChI is InChI=1S/C14H23N5/c1-2-17(7-3-9-18-11-5-15-13-18)8-4-10-19-12-6-16-14-19/h5-6,11-14H,2-4,7-10H2,1H3. The van der Waals surface area contributed by atoms with Crippen LogP contribution >= 0.6 is 0 Å². The molecule has 0 aromatic carbocycles. The highest BCUT2D eigenvalue weighted by Gasteiger charge is 2.02. The van der Waals surface area contributed by atoms with E-state index in [0.717, 1.165) is 32.7 Å². The van der Waals surface area contributed by atoms with Crippen LogP contribution in [0, 0.1) is 0 Å². The van der Waals surface area contributed by atoms with Gasteiger partial charge in [0.15, 0.2) is 0 Å². The van der Waals surface area contributed by atoms with Crippen molar-refractivity contribution in [2.45, 2.75) is 32.9 Å². The zero-order valence-electron chi connectivity index (χ0n) is 11.6. The van der Waals surface area contributed by atoms with E-state index >= 15 is 0 Å². The molecule has 0 N–H and O–H groups in total. The lowest BCUT2D eigenvalue weighted by Crippen LogP contribution is -2.27. The van der Waals surface area contributed by atoms with Crippen molar-refractivity contribution in [2.24, 2.45) is 0 Å². The SMILES string of the molecule is CCN(CCCn1ccnc1)CCCn1ccnc1. The Labute approximate surface area is 114 Å². The normalized spacial score (nSPS) is 11.3. The molecule has 0 bridgehead atoms. The van der Waals surface area contributed by atoms with Gasteiger partial charge in [0, 0.05) is 37.9 Å². The molecule has 2 aromatic heterocycles. The molecule has 19 heavy (non-hydrogen) atoms. The Bertz CT molecular complexity index is 380. The molecule has 2 rings (SSSR count). The highest BCUT2D eigenvalue weighted by Crippen LogP contribution is 1.99. The monoisotopic (exact) mass is 261 g/mol. The summed E-state index contributed by atoms with van der Waals surface area (Å²) in [6.45, 7) is 7.76. The molecule has 5 nitrogen and oxygen atoms in total. The van der Waals surface area contributed by atoms with Crippen LogP contribution in [0.1, 0.15) is 19.8 Å². The summed E-state index contributed by atoms with van der Waals surface area (Å²) in [7, 11) is 0. The fraction of sp³-hybridized carbons (Fsp3) is 0.571. The number of imidazole rings is 2. The van der Waals surface area contributed by atoms with E-state index in [2.05, 4.69) is 30.9 Å². The van der Waals surface area contributed by atoms with Crippen LogP contribution in [0.2, 0.25) is 0 Å². The van der Waals surface area contributed by atoms with Gasteiger partial charge in [0.25, 0.3) is 0 Å². The average Bonchev–Trinajstić information content (AvgIpc) is 3.10. The zero-order chi connectivity index (χ0) is 13.3. The van der Waals surface area contributed by atoms with Crippen molar-refractivity contribution in [3.63, 3.8) is 0 Å². The van der Waals surface area contributed by atoms with Gasteiger partial charge in [0.05, 0.1) is 12.7 Å². The minimum Gasteiger partial charge on any atom is -0.337 e. The van der Waals surface area contributed by atoms with Crippen molar-refractivity contribution in [2.75, 3.05) is 19.6 Å². The van der Waals surface area contributed by atoms with Crippen LogP contribution in [-0.2, 0) is 13.1 Å². The molecule has 0 saturated carbocycles. The Morgan fingerprint density at radius 2 is 1.42 bits per heavy atom. The average molecular weight is 261 g/mol. The number of rotatable bonds is 9. The van der Waals surface area contributed by atoms with Crippen LogP contribution in [0.4, 0.5) is 0 Å². The molecule has 104 valence electrons. The molecule has 0 unspecified atom stereocenters. The second-order valence-electron chi connectivity index (χ2n) is 4.74. The van der Waals surface area contributed by atoms with Gasteiger partial charge in [-0.15, -0.1) is 0 Å². The molecule has 5 heteroatoms. The van der Waals surface area contributed by atoms with Crippen molar-refractivity contribution < 1.29 is 0 Å². The van der Waals surface area contributed by atoms with Crippen LogP contribution in [0.25, 0.3) is 0 Å². The smallest absolute Gasteiger partial charge is 0.0945 e. The predicted molar refractivity (Wildman–Crippen MR) is 75.8 cm³/mol. The fourth-order valence-electron chi connectivity index (χ4n) is 2.22. The summed E-state index contributed by atoms with van der Waals surface area (Å²) in [5.74, 6) is 0. The van der Waals surface area contributed by atoms with Crippen molar-refractivity contribution in [1.82, 2.24) is 24.0 Å². The molecule has 0 spiro atoms. The number of hydrogen-bond acceptors (Lipinski definition) is 3. The first-order valence-corrected chi connectivity index (χ1v) is 7.02. The van der Waals surface area contributed by atoms with E-state index in [1.54, 1.807) is 0 Å². The van der Waals surface area contributed by atoms with Gasteiger partial charge in [-0.05, 0) is 32.5 Å². The lowest BCUT2D eigenvalue weighted by atomic mass is 10.3. The van der Waals surface area contributed by atoms with E-state index in [4.69, 9.17) is 0 Å². The first kappa shape index (κ1) is 13.8. The Morgan fingerprint density at radius 1 is 0.895 bits per heavy atom. The lowest BCUT2D eigenvalue weighted by molar-refractivity contribution is 0.270. The van der Waals surface area contributed by atoms with Gasteiger partial charge >= 0.3 is 0 Å². The van der Waals surface area contributed by atoms with Crippen LogP contribution in [-0.4, -0.2) is 43.6 Å². The van der Waals surface area contributed by atoms with Gasteiger partial charge in [-0.3, -0.25) is 0 Å². The first-order chi connectivity index (χ1) is 9.38. The Hall–Kier alpha value is -1.62. The van der Waals surface area contributed by atoms with E-state index < -0.39 is 0 Å². The molecular formula is C14H23N5. The van der Waals surface area contributed by atoms with Gasteiger partial charge in [-0.2, -0.15) is 0 Å². The molecule has 0 aliphatic carbocycles. The molecule has 2 aromatic rings. The molecule has 0 aliphatic rings. The fourth-order valence-corrected chi connectivity index (χ4v) is 2.22. The van der Waals surface area contributed by atoms with Crippen LogP contribution < -0.4 is 0 Å². The summed E-state index contributed by atoms with van der Waals surface area (Å²) in [6, 6.07) is 0. The third kappa shape index (κ3) is 4.87. The molecule has 0 saturated heterocycles. The molecule has 0 amide bonds. The Balaban J connectivity index is 1.60. The number of nitrogens with zero attached hydrogens (tertiary/aromatic N) is 5. The summed E-state index contributed by atoms with van der Waals surface area (Å²) in [5, 5.41) is 0. The van der Waals surface area contributed by atoms with E-state index in [9.17, 15) is 0 Å². The highest BCUT2D eigenvalue weighted by atomic mass is 15.1.